The van der Waals surface area contributed by atoms with Crippen molar-refractivity contribution >= 4 is 49.1 Å². The minimum Gasteiger partial charge on any atom is -0.308 e. The number of fused-ring (bicyclic) bond motifs is 10. The minimum absolute atomic E-state index is 0.0703. The van der Waals surface area contributed by atoms with Gasteiger partial charge in [0, 0.05) is 32.6 Å². The monoisotopic (exact) mass is 524 g/mol. The molecule has 8 aromatic rings. The van der Waals surface area contributed by atoms with Gasteiger partial charge in [0.05, 0.1) is 27.6 Å². The summed E-state index contributed by atoms with van der Waals surface area (Å²) in [6, 6.07) is 49.3. The lowest BCUT2D eigenvalue weighted by molar-refractivity contribution is 0.660. The Hall–Kier alpha value is -5.08. The lowest BCUT2D eigenvalue weighted by Crippen LogP contribution is -2.15. The van der Waals surface area contributed by atoms with Gasteiger partial charge in [0.1, 0.15) is 0 Å². The molecule has 9 rings (SSSR count). The standard InChI is InChI=1S/C39H28N2/c1-39(2)32-17-6-3-12-26(32)27-23-22-25(24-33(27)39)40-34-18-7-4-13-28(34)30-15-11-16-31-29-14-5-8-19-35(29)41(38(30)31)37-21-10-9-20-36(37)40/h3-24H,1-2H3. The zero-order chi connectivity index (χ0) is 27.3. The molecule has 1 aliphatic rings. The summed E-state index contributed by atoms with van der Waals surface area (Å²) in [7, 11) is 0. The van der Waals surface area contributed by atoms with Crippen molar-refractivity contribution in [2.24, 2.45) is 0 Å². The van der Waals surface area contributed by atoms with Crippen LogP contribution in [0.1, 0.15) is 25.0 Å². The molecular formula is C39H28N2. The maximum Gasteiger partial charge on any atom is 0.0703 e. The van der Waals surface area contributed by atoms with E-state index >= 15 is 0 Å². The summed E-state index contributed by atoms with van der Waals surface area (Å²) < 4.78 is 4.95. The molecule has 0 aliphatic heterocycles. The molecule has 1 aliphatic carbocycles. The molecule has 6 aromatic carbocycles. The van der Waals surface area contributed by atoms with Gasteiger partial charge >= 0.3 is 0 Å². The van der Waals surface area contributed by atoms with Crippen LogP contribution >= 0.6 is 0 Å². The molecular weight excluding hydrogens is 496 g/mol. The first-order valence-electron chi connectivity index (χ1n) is 14.4. The SMILES string of the molecule is CC1(C)c2ccccc2-c2ccc(-n3c4ccccc4c4cccc5c6ccccc6n(c6ccccc63)c45)cc21. The Morgan fingerprint density at radius 2 is 1.00 bits per heavy atom. The van der Waals surface area contributed by atoms with Crippen LogP contribution in [0.3, 0.4) is 0 Å². The molecule has 0 radical (unpaired) electrons. The molecule has 0 saturated heterocycles. The molecule has 0 unspecified atom stereocenters. The van der Waals surface area contributed by atoms with Crippen LogP contribution in [0, 0.1) is 0 Å². The third-order valence-corrected chi connectivity index (χ3v) is 9.32. The highest BCUT2D eigenvalue weighted by atomic mass is 15.0. The number of nitrogens with zero attached hydrogens (tertiary/aromatic N) is 2. The van der Waals surface area contributed by atoms with Crippen molar-refractivity contribution in [1.29, 1.82) is 0 Å². The van der Waals surface area contributed by atoms with Gasteiger partial charge in [-0.3, -0.25) is 0 Å². The first-order valence-corrected chi connectivity index (χ1v) is 14.4. The molecule has 2 aromatic heterocycles. The van der Waals surface area contributed by atoms with Crippen molar-refractivity contribution < 1.29 is 0 Å². The second kappa shape index (κ2) is 7.99. The van der Waals surface area contributed by atoms with E-state index in [1.807, 2.05) is 0 Å². The van der Waals surface area contributed by atoms with Gasteiger partial charge in [-0.2, -0.15) is 0 Å². The maximum absolute atomic E-state index is 2.48. The molecule has 0 bridgehead atoms. The van der Waals surface area contributed by atoms with E-state index in [2.05, 4.69) is 156 Å². The molecule has 0 N–H and O–H groups in total. The van der Waals surface area contributed by atoms with Gasteiger partial charge in [0.15, 0.2) is 0 Å². The van der Waals surface area contributed by atoms with Crippen molar-refractivity contribution in [2.75, 3.05) is 0 Å². The molecule has 2 heterocycles. The van der Waals surface area contributed by atoms with E-state index in [-0.39, 0.29) is 5.41 Å². The van der Waals surface area contributed by atoms with Gasteiger partial charge in [-0.1, -0.05) is 111 Å². The topological polar surface area (TPSA) is 9.34 Å². The number of hydrogen-bond acceptors (Lipinski definition) is 0. The van der Waals surface area contributed by atoms with Gasteiger partial charge in [0.2, 0.25) is 0 Å². The van der Waals surface area contributed by atoms with E-state index in [1.54, 1.807) is 0 Å². The van der Waals surface area contributed by atoms with Crippen LogP contribution in [0.5, 0.6) is 0 Å². The predicted molar refractivity (Wildman–Crippen MR) is 173 cm³/mol. The second-order valence-corrected chi connectivity index (χ2v) is 11.8. The van der Waals surface area contributed by atoms with Gasteiger partial charge in [-0.15, -0.1) is 0 Å². The molecule has 0 saturated carbocycles. The Labute approximate surface area is 238 Å². The number of hydrogen-bond donors (Lipinski definition) is 0. The molecule has 194 valence electrons. The predicted octanol–water partition coefficient (Wildman–Crippen LogP) is 10.2. The van der Waals surface area contributed by atoms with Crippen molar-refractivity contribution in [2.45, 2.75) is 19.3 Å². The molecule has 0 amide bonds. The van der Waals surface area contributed by atoms with Crippen LogP contribution in [0.2, 0.25) is 0 Å². The molecule has 41 heavy (non-hydrogen) atoms. The van der Waals surface area contributed by atoms with Crippen LogP contribution in [-0.4, -0.2) is 8.97 Å². The van der Waals surface area contributed by atoms with Crippen molar-refractivity contribution in [3.8, 4) is 16.8 Å². The Morgan fingerprint density at radius 1 is 0.439 bits per heavy atom. The normalized spacial score (nSPS) is 13.8. The highest BCUT2D eigenvalue weighted by Crippen LogP contribution is 2.49. The van der Waals surface area contributed by atoms with E-state index in [9.17, 15) is 0 Å². The van der Waals surface area contributed by atoms with Gasteiger partial charge in [0.25, 0.3) is 0 Å². The number of para-hydroxylation sites is 5. The van der Waals surface area contributed by atoms with Crippen molar-refractivity contribution in [1.82, 2.24) is 8.97 Å². The Bertz CT molecular complexity index is 2400. The van der Waals surface area contributed by atoms with E-state index in [0.717, 1.165) is 0 Å². The molecule has 0 fully saturated rings. The summed E-state index contributed by atoms with van der Waals surface area (Å²) >= 11 is 0. The smallest absolute Gasteiger partial charge is 0.0703 e. The molecule has 0 atom stereocenters. The number of aromatic nitrogens is 2. The lowest BCUT2D eigenvalue weighted by Gasteiger charge is -2.23. The summed E-state index contributed by atoms with van der Waals surface area (Å²) in [6.45, 7) is 4.71. The summed E-state index contributed by atoms with van der Waals surface area (Å²) in [6.07, 6.45) is 0. The largest absolute Gasteiger partial charge is 0.308 e. The van der Waals surface area contributed by atoms with E-state index in [1.165, 1.54) is 77.1 Å². The highest BCUT2D eigenvalue weighted by molar-refractivity contribution is 6.20. The fourth-order valence-corrected chi connectivity index (χ4v) is 7.46. The zero-order valence-corrected chi connectivity index (χ0v) is 23.1. The maximum atomic E-state index is 2.48. The third kappa shape index (κ3) is 2.92. The Kier molecular flexibility index (Phi) is 4.42. The summed E-state index contributed by atoms with van der Waals surface area (Å²) in [5.74, 6) is 0. The first kappa shape index (κ1) is 22.7. The summed E-state index contributed by atoms with van der Waals surface area (Å²) in [4.78, 5) is 0. The van der Waals surface area contributed by atoms with Crippen LogP contribution < -0.4 is 0 Å². The Balaban J connectivity index is 1.52. The van der Waals surface area contributed by atoms with Crippen LogP contribution in [0.4, 0.5) is 0 Å². The van der Waals surface area contributed by atoms with E-state index in [0.29, 0.717) is 0 Å². The fraction of sp³-hybridized carbons (Fsp3) is 0.0769. The van der Waals surface area contributed by atoms with Crippen LogP contribution in [-0.2, 0) is 5.41 Å². The summed E-state index contributed by atoms with van der Waals surface area (Å²) in [5, 5.41) is 5.05. The van der Waals surface area contributed by atoms with E-state index in [4.69, 9.17) is 0 Å². The van der Waals surface area contributed by atoms with Crippen LogP contribution in [0.25, 0.3) is 65.9 Å². The quantitative estimate of drug-likeness (QED) is 0.202. The average molecular weight is 525 g/mol. The molecule has 2 nitrogen and oxygen atoms in total. The van der Waals surface area contributed by atoms with Gasteiger partial charge < -0.3 is 8.97 Å². The van der Waals surface area contributed by atoms with Gasteiger partial charge in [-0.05, 0) is 58.7 Å². The zero-order valence-electron chi connectivity index (χ0n) is 23.1. The molecule has 0 spiro atoms. The van der Waals surface area contributed by atoms with Crippen molar-refractivity contribution in [3.05, 3.63) is 145 Å². The fourth-order valence-electron chi connectivity index (χ4n) is 7.46. The first-order chi connectivity index (χ1) is 20.1. The second-order valence-electron chi connectivity index (χ2n) is 11.8. The lowest BCUT2D eigenvalue weighted by atomic mass is 9.82. The molecule has 2 heteroatoms. The average Bonchev–Trinajstić information content (AvgIpc) is 3.46. The van der Waals surface area contributed by atoms with Crippen LogP contribution in [0.15, 0.2) is 133 Å². The van der Waals surface area contributed by atoms with Crippen molar-refractivity contribution in [3.63, 3.8) is 0 Å². The van der Waals surface area contributed by atoms with Gasteiger partial charge in [-0.25, -0.2) is 0 Å². The highest BCUT2D eigenvalue weighted by Gasteiger charge is 2.35. The summed E-state index contributed by atoms with van der Waals surface area (Å²) in [5.41, 5.74) is 12.6. The minimum atomic E-state index is -0.0703. The third-order valence-electron chi connectivity index (χ3n) is 9.32. The van der Waals surface area contributed by atoms with E-state index < -0.39 is 0 Å². The Morgan fingerprint density at radius 3 is 1.78 bits per heavy atom. The number of rotatable bonds is 1. The number of benzene rings is 6.